The number of aromatic hydroxyl groups is 2. The zero-order chi connectivity index (χ0) is 26.7. The lowest BCUT2D eigenvalue weighted by molar-refractivity contribution is 0.433. The van der Waals surface area contributed by atoms with Crippen molar-refractivity contribution in [2.24, 2.45) is 0 Å². The fourth-order valence-electron chi connectivity index (χ4n) is 4.02. The van der Waals surface area contributed by atoms with Gasteiger partial charge in [0.1, 0.15) is 11.6 Å². The lowest BCUT2D eigenvalue weighted by Crippen LogP contribution is -2.23. The van der Waals surface area contributed by atoms with Crippen molar-refractivity contribution in [2.45, 2.75) is 13.8 Å². The van der Waals surface area contributed by atoms with Crippen LogP contribution in [0.2, 0.25) is 0 Å². The van der Waals surface area contributed by atoms with Crippen molar-refractivity contribution in [1.82, 2.24) is 9.13 Å². The molecule has 0 aliphatic carbocycles. The molecule has 2 N–H and O–H groups in total. The number of nitrogens with zero attached hydrogens (tertiary/aromatic N) is 4. The first-order chi connectivity index (χ1) is 17.8. The summed E-state index contributed by atoms with van der Waals surface area (Å²) in [6.07, 6.45) is 2.70. The Labute approximate surface area is 212 Å². The highest BCUT2D eigenvalue weighted by Crippen LogP contribution is 2.33. The second-order valence-corrected chi connectivity index (χ2v) is 8.08. The van der Waals surface area contributed by atoms with Crippen LogP contribution in [0.3, 0.4) is 0 Å². The van der Waals surface area contributed by atoms with Gasteiger partial charge in [-0.25, -0.2) is 9.41 Å². The minimum atomic E-state index is -0.661. The van der Waals surface area contributed by atoms with Crippen molar-refractivity contribution in [1.29, 1.82) is 5.26 Å². The summed E-state index contributed by atoms with van der Waals surface area (Å²) in [5.41, 5.74) is 2.95. The molecule has 180 valence electrons. The summed E-state index contributed by atoms with van der Waals surface area (Å²) in [7, 11) is 0. The molecule has 0 amide bonds. The van der Waals surface area contributed by atoms with E-state index in [1.54, 1.807) is 67.6 Å². The molecule has 2 aromatic carbocycles. The summed E-state index contributed by atoms with van der Waals surface area (Å²) < 4.78 is 2.07. The maximum absolute atomic E-state index is 13.3. The van der Waals surface area contributed by atoms with Crippen molar-refractivity contribution in [3.05, 3.63) is 126 Å². The van der Waals surface area contributed by atoms with Crippen molar-refractivity contribution in [3.63, 3.8) is 0 Å². The van der Waals surface area contributed by atoms with Crippen molar-refractivity contribution in [3.8, 4) is 29.2 Å². The third-order valence-corrected chi connectivity index (χ3v) is 5.97. The van der Waals surface area contributed by atoms with Gasteiger partial charge in [0, 0.05) is 11.1 Å². The average molecular weight is 489 g/mol. The van der Waals surface area contributed by atoms with Gasteiger partial charge in [0.15, 0.2) is 0 Å². The fourth-order valence-corrected chi connectivity index (χ4v) is 4.02. The van der Waals surface area contributed by atoms with Crippen molar-refractivity contribution in [2.75, 3.05) is 0 Å². The molecular formula is C29H20N4O4. The van der Waals surface area contributed by atoms with Crippen molar-refractivity contribution >= 4 is 17.8 Å². The zero-order valence-corrected chi connectivity index (χ0v) is 19.9. The Morgan fingerprint density at radius 2 is 1.32 bits per heavy atom. The Morgan fingerprint density at radius 1 is 0.811 bits per heavy atom. The maximum atomic E-state index is 13.3. The predicted octanol–water partition coefficient (Wildman–Crippen LogP) is 4.76. The number of aromatic nitrogens is 2. The Morgan fingerprint density at radius 3 is 1.84 bits per heavy atom. The lowest BCUT2D eigenvalue weighted by atomic mass is 10.0. The standard InChI is InChI=1S/C29H20N4O4/c1-18-22(26(34)32(28(36)24(18)17-30)20-11-6-4-7-12-20)15-10-16-23-19(2)25(31-3)29(37)33(27(23)35)21-13-8-5-9-14-21/h4-9,11-16,34,37H,1-2H3. The van der Waals surface area contributed by atoms with Gasteiger partial charge in [0.2, 0.25) is 17.4 Å². The van der Waals surface area contributed by atoms with E-state index < -0.39 is 17.0 Å². The number of hydrogen-bond donors (Lipinski definition) is 2. The molecule has 0 aliphatic heterocycles. The molecule has 0 saturated heterocycles. The van der Waals surface area contributed by atoms with E-state index in [1.807, 2.05) is 6.07 Å². The Bertz CT molecular complexity index is 1800. The Balaban J connectivity index is 1.96. The smallest absolute Gasteiger partial charge is 0.276 e. The van der Waals surface area contributed by atoms with Crippen LogP contribution in [-0.2, 0) is 0 Å². The van der Waals surface area contributed by atoms with Gasteiger partial charge in [-0.3, -0.25) is 14.2 Å². The van der Waals surface area contributed by atoms with Gasteiger partial charge >= 0.3 is 0 Å². The Hall–Kier alpha value is -5.56. The maximum Gasteiger partial charge on any atom is 0.276 e. The Kier molecular flexibility index (Phi) is 6.62. The average Bonchev–Trinajstić information content (AvgIpc) is 2.89. The molecule has 0 saturated carbocycles. The molecule has 0 bridgehead atoms. The third kappa shape index (κ3) is 4.21. The molecule has 4 aromatic rings. The summed E-state index contributed by atoms with van der Waals surface area (Å²) >= 11 is 0. The van der Waals surface area contributed by atoms with Crippen LogP contribution in [0, 0.1) is 31.8 Å². The van der Waals surface area contributed by atoms with Crippen LogP contribution in [0.15, 0.2) is 76.0 Å². The minimum Gasteiger partial charge on any atom is -0.502 e. The lowest BCUT2D eigenvalue weighted by Gasteiger charge is -2.14. The molecule has 2 aromatic heterocycles. The second kappa shape index (κ2) is 9.97. The molecule has 8 nitrogen and oxygen atoms in total. The van der Waals surface area contributed by atoms with Gasteiger partial charge in [-0.05, 0) is 61.4 Å². The van der Waals surface area contributed by atoms with Crippen molar-refractivity contribution < 1.29 is 10.2 Å². The predicted molar refractivity (Wildman–Crippen MR) is 140 cm³/mol. The van der Waals surface area contributed by atoms with Crippen LogP contribution in [-0.4, -0.2) is 19.3 Å². The number of nitriles is 1. The van der Waals surface area contributed by atoms with Gasteiger partial charge in [0.25, 0.3) is 11.1 Å². The summed E-state index contributed by atoms with van der Waals surface area (Å²) in [5, 5.41) is 31.2. The largest absolute Gasteiger partial charge is 0.502 e. The summed E-state index contributed by atoms with van der Waals surface area (Å²) in [5.74, 6) is -0.855. The molecule has 2 heterocycles. The molecule has 8 heteroatoms. The first kappa shape index (κ1) is 24.6. The monoisotopic (exact) mass is 488 g/mol. The topological polar surface area (TPSA) is 113 Å². The molecule has 0 unspecified atom stereocenters. The zero-order valence-electron chi connectivity index (χ0n) is 19.9. The molecule has 0 radical (unpaired) electrons. The first-order valence-electron chi connectivity index (χ1n) is 11.1. The minimum absolute atomic E-state index is 0.0834. The van der Waals surface area contributed by atoms with E-state index in [0.717, 1.165) is 9.13 Å². The van der Waals surface area contributed by atoms with Gasteiger partial charge in [-0.1, -0.05) is 36.4 Å². The summed E-state index contributed by atoms with van der Waals surface area (Å²) in [4.78, 5) is 29.6. The van der Waals surface area contributed by atoms with E-state index in [4.69, 9.17) is 6.57 Å². The summed E-state index contributed by atoms with van der Waals surface area (Å²) in [6, 6.07) is 18.7. The van der Waals surface area contributed by atoms with E-state index in [0.29, 0.717) is 11.4 Å². The molecule has 0 fully saturated rings. The van der Waals surface area contributed by atoms with Gasteiger partial charge in [-0.2, -0.15) is 5.26 Å². The number of benzene rings is 2. The molecule has 4 rings (SSSR count). The van der Waals surface area contributed by atoms with E-state index >= 15 is 0 Å². The van der Waals surface area contributed by atoms with E-state index in [1.165, 1.54) is 19.1 Å². The molecule has 0 atom stereocenters. The highest BCUT2D eigenvalue weighted by molar-refractivity contribution is 5.72. The highest BCUT2D eigenvalue weighted by atomic mass is 16.3. The molecule has 0 aliphatic rings. The number of pyridine rings is 2. The molecule has 0 spiro atoms. The summed E-state index contributed by atoms with van der Waals surface area (Å²) in [6.45, 7) is 10.6. The molecular weight excluding hydrogens is 468 g/mol. The van der Waals surface area contributed by atoms with Crippen LogP contribution in [0.5, 0.6) is 11.8 Å². The van der Waals surface area contributed by atoms with E-state index in [-0.39, 0.29) is 39.4 Å². The number of hydrogen-bond acceptors (Lipinski definition) is 5. The van der Waals surface area contributed by atoms with E-state index in [9.17, 15) is 25.1 Å². The third-order valence-electron chi connectivity index (χ3n) is 5.97. The van der Waals surface area contributed by atoms with Gasteiger partial charge in [0.05, 0.1) is 17.9 Å². The molecule has 37 heavy (non-hydrogen) atoms. The van der Waals surface area contributed by atoms with Crippen LogP contribution < -0.4 is 11.1 Å². The van der Waals surface area contributed by atoms with Crippen LogP contribution in [0.25, 0.3) is 28.4 Å². The van der Waals surface area contributed by atoms with Gasteiger partial charge < -0.3 is 10.2 Å². The van der Waals surface area contributed by atoms with Crippen LogP contribution in [0.1, 0.15) is 27.8 Å². The normalized spacial score (nSPS) is 10.2. The number of rotatable bonds is 4. The first-order valence-corrected chi connectivity index (χ1v) is 11.1. The van der Waals surface area contributed by atoms with E-state index in [2.05, 4.69) is 10.6 Å². The van der Waals surface area contributed by atoms with Crippen LogP contribution in [0.4, 0.5) is 5.69 Å². The number of para-hydroxylation sites is 2. The second-order valence-electron chi connectivity index (χ2n) is 8.08. The fraction of sp³-hybridized carbons (Fsp3) is 0.0690. The van der Waals surface area contributed by atoms with Gasteiger partial charge in [-0.15, -0.1) is 5.73 Å². The highest BCUT2D eigenvalue weighted by Gasteiger charge is 2.20. The quantitative estimate of drug-likeness (QED) is 0.318. The SMILES string of the molecule is [C-]#[N+]c1c(C)c(C=C=Cc2c(C)c(C#N)c(=O)n(-c3ccccc3)c2O)c(=O)n(-c2ccccc2)c1O. The van der Waals surface area contributed by atoms with Crippen LogP contribution >= 0.6 is 0 Å².